The number of aromatic nitrogens is 5. The fraction of sp³-hybridized carbons (Fsp3) is 0.385. The van der Waals surface area contributed by atoms with Crippen LogP contribution in [0.4, 0.5) is 27.8 Å². The van der Waals surface area contributed by atoms with E-state index in [0.717, 1.165) is 11.6 Å². The molecule has 0 spiro atoms. The predicted molar refractivity (Wildman–Crippen MR) is 132 cm³/mol. The van der Waals surface area contributed by atoms with E-state index >= 15 is 0 Å². The Morgan fingerprint density at radius 1 is 1.05 bits per heavy atom. The summed E-state index contributed by atoms with van der Waals surface area (Å²) < 4.78 is 70.4. The lowest BCUT2D eigenvalue weighted by atomic mass is 9.97. The zero-order chi connectivity index (χ0) is 27.4. The summed E-state index contributed by atoms with van der Waals surface area (Å²) in [5.41, 5.74) is 0.961. The number of benzene rings is 1. The van der Waals surface area contributed by atoms with Crippen molar-refractivity contribution in [2.24, 2.45) is 12.0 Å². The molecule has 0 amide bonds. The summed E-state index contributed by atoms with van der Waals surface area (Å²) in [4.78, 5) is 20.1. The van der Waals surface area contributed by atoms with Crippen LogP contribution in [0, 0.1) is 13.8 Å². The van der Waals surface area contributed by atoms with E-state index in [-0.39, 0.29) is 11.3 Å². The van der Waals surface area contributed by atoms with Crippen molar-refractivity contribution < 1.29 is 22.0 Å². The van der Waals surface area contributed by atoms with Crippen LogP contribution in [0.1, 0.15) is 53.4 Å². The lowest BCUT2D eigenvalue weighted by Crippen LogP contribution is -2.35. The molecular weight excluding hydrogens is 505 g/mol. The SMILES string of the molecule is Cc1c([C@@H](C)/N=c2\nc(C)n(C)c3cnc(N4CCn5c(C(F)F)cnc5C4)cc23)cccc1C(F)(F)F. The van der Waals surface area contributed by atoms with E-state index in [9.17, 15) is 22.0 Å². The number of hydrogen-bond donors (Lipinski definition) is 0. The second kappa shape index (κ2) is 9.48. The number of aryl methyl sites for hydroxylation is 2. The van der Waals surface area contributed by atoms with Gasteiger partial charge in [0.2, 0.25) is 0 Å². The second-order valence-electron chi connectivity index (χ2n) is 9.40. The third-order valence-corrected chi connectivity index (χ3v) is 7.11. The summed E-state index contributed by atoms with van der Waals surface area (Å²) in [5.74, 6) is 1.80. The Morgan fingerprint density at radius 3 is 2.53 bits per heavy atom. The van der Waals surface area contributed by atoms with Gasteiger partial charge in [0.15, 0.2) is 5.49 Å². The lowest BCUT2D eigenvalue weighted by Gasteiger charge is -2.29. The van der Waals surface area contributed by atoms with Crippen LogP contribution < -0.4 is 10.4 Å². The molecule has 0 aliphatic carbocycles. The van der Waals surface area contributed by atoms with E-state index in [0.29, 0.717) is 53.5 Å². The van der Waals surface area contributed by atoms with Crippen LogP contribution in [0.15, 0.2) is 41.7 Å². The Hall–Kier alpha value is -3.83. The molecule has 0 N–H and O–H groups in total. The topological polar surface area (TPSA) is 64.1 Å². The number of anilines is 1. The second-order valence-corrected chi connectivity index (χ2v) is 9.40. The molecule has 38 heavy (non-hydrogen) atoms. The quantitative estimate of drug-likeness (QED) is 0.330. The maximum absolute atomic E-state index is 13.5. The molecule has 200 valence electrons. The molecule has 0 radical (unpaired) electrons. The van der Waals surface area contributed by atoms with E-state index < -0.39 is 24.2 Å². The van der Waals surface area contributed by atoms with Crippen molar-refractivity contribution in [1.82, 2.24) is 24.1 Å². The van der Waals surface area contributed by atoms with Crippen molar-refractivity contribution >= 4 is 16.7 Å². The third-order valence-electron chi connectivity index (χ3n) is 7.11. The molecule has 1 aromatic carbocycles. The Morgan fingerprint density at radius 2 is 1.82 bits per heavy atom. The van der Waals surface area contributed by atoms with Gasteiger partial charge in [0, 0.05) is 25.5 Å². The molecule has 1 atom stereocenters. The molecule has 12 heteroatoms. The summed E-state index contributed by atoms with van der Waals surface area (Å²) in [6.07, 6.45) is -4.15. The van der Waals surface area contributed by atoms with Crippen LogP contribution >= 0.6 is 0 Å². The molecular formula is C26H26F5N7. The van der Waals surface area contributed by atoms with Gasteiger partial charge in [0.05, 0.1) is 36.1 Å². The third kappa shape index (κ3) is 4.52. The molecule has 5 rings (SSSR count). The Bertz CT molecular complexity index is 1590. The highest BCUT2D eigenvalue weighted by molar-refractivity contribution is 5.80. The smallest absolute Gasteiger partial charge is 0.347 e. The number of pyridine rings is 1. The average molecular weight is 532 g/mol. The summed E-state index contributed by atoms with van der Waals surface area (Å²) in [6.45, 7) is 6.12. The lowest BCUT2D eigenvalue weighted by molar-refractivity contribution is -0.138. The highest BCUT2D eigenvalue weighted by Crippen LogP contribution is 2.35. The summed E-state index contributed by atoms with van der Waals surface area (Å²) in [5, 5.41) is 0.682. The molecule has 0 fully saturated rings. The van der Waals surface area contributed by atoms with Crippen LogP contribution in [0.5, 0.6) is 0 Å². The average Bonchev–Trinajstić information content (AvgIpc) is 3.30. The largest absolute Gasteiger partial charge is 0.416 e. The summed E-state index contributed by atoms with van der Waals surface area (Å²) >= 11 is 0. The van der Waals surface area contributed by atoms with Crippen LogP contribution in [0.2, 0.25) is 0 Å². The molecule has 3 aromatic heterocycles. The van der Waals surface area contributed by atoms with Gasteiger partial charge in [-0.15, -0.1) is 0 Å². The van der Waals surface area contributed by atoms with Gasteiger partial charge in [0.25, 0.3) is 6.43 Å². The first-order valence-corrected chi connectivity index (χ1v) is 12.1. The standard InChI is InChI=1S/C26H26F5N7/c1-14-17(6-5-7-19(14)26(29,30)31)15(2)34-25-18-10-22(32-11-20(18)36(4)16(3)35-25)37-8-9-38-21(24(27)28)12-33-23(38)13-37/h5-7,10-12,15,24H,8-9,13H2,1-4H3/b34-25-/t15-/m1/s1. The van der Waals surface area contributed by atoms with Gasteiger partial charge >= 0.3 is 6.18 Å². The van der Waals surface area contributed by atoms with Crippen LogP contribution in [-0.2, 0) is 26.3 Å². The first-order valence-electron chi connectivity index (χ1n) is 12.1. The Labute approximate surface area is 215 Å². The molecule has 0 saturated heterocycles. The van der Waals surface area contributed by atoms with Crippen molar-refractivity contribution in [3.63, 3.8) is 0 Å². The first kappa shape index (κ1) is 25.8. The van der Waals surface area contributed by atoms with E-state index in [1.807, 2.05) is 29.5 Å². The maximum atomic E-state index is 13.5. The summed E-state index contributed by atoms with van der Waals surface area (Å²) in [6, 6.07) is 5.34. The zero-order valence-electron chi connectivity index (χ0n) is 21.3. The molecule has 4 heterocycles. The molecule has 4 aromatic rings. The van der Waals surface area contributed by atoms with E-state index in [4.69, 9.17) is 4.99 Å². The minimum absolute atomic E-state index is 0.0993. The zero-order valence-corrected chi connectivity index (χ0v) is 21.3. The molecule has 0 saturated carbocycles. The Kier molecular flexibility index (Phi) is 6.44. The molecule has 0 bridgehead atoms. The van der Waals surface area contributed by atoms with E-state index in [1.54, 1.807) is 19.2 Å². The van der Waals surface area contributed by atoms with Crippen molar-refractivity contribution in [1.29, 1.82) is 0 Å². The van der Waals surface area contributed by atoms with Crippen LogP contribution in [0.25, 0.3) is 10.9 Å². The summed E-state index contributed by atoms with van der Waals surface area (Å²) in [7, 11) is 1.85. The number of hydrogen-bond acceptors (Lipinski definition) is 5. The first-order chi connectivity index (χ1) is 18.0. The minimum Gasteiger partial charge on any atom is -0.347 e. The fourth-order valence-corrected chi connectivity index (χ4v) is 4.94. The predicted octanol–water partition coefficient (Wildman–Crippen LogP) is 5.42. The number of rotatable bonds is 4. The van der Waals surface area contributed by atoms with Gasteiger partial charge in [-0.1, -0.05) is 12.1 Å². The van der Waals surface area contributed by atoms with Gasteiger partial charge in [-0.3, -0.25) is 4.99 Å². The van der Waals surface area contributed by atoms with Gasteiger partial charge in [-0.05, 0) is 44.0 Å². The van der Waals surface area contributed by atoms with Crippen molar-refractivity contribution in [2.75, 3.05) is 11.4 Å². The van der Waals surface area contributed by atoms with Gasteiger partial charge in [-0.25, -0.2) is 23.7 Å². The Balaban J connectivity index is 1.57. The highest BCUT2D eigenvalue weighted by Gasteiger charge is 2.33. The van der Waals surface area contributed by atoms with E-state index in [1.165, 1.54) is 23.8 Å². The number of nitrogens with zero attached hydrogens (tertiary/aromatic N) is 7. The van der Waals surface area contributed by atoms with Gasteiger partial charge in [0.1, 0.15) is 23.2 Å². The van der Waals surface area contributed by atoms with Crippen molar-refractivity contribution in [3.05, 3.63) is 76.2 Å². The minimum atomic E-state index is -4.46. The monoisotopic (exact) mass is 531 g/mol. The fourth-order valence-electron chi connectivity index (χ4n) is 4.94. The van der Waals surface area contributed by atoms with Crippen molar-refractivity contribution in [3.8, 4) is 0 Å². The molecule has 7 nitrogen and oxygen atoms in total. The van der Waals surface area contributed by atoms with E-state index in [2.05, 4.69) is 15.0 Å². The number of imidazole rings is 1. The number of alkyl halides is 5. The van der Waals surface area contributed by atoms with Crippen LogP contribution in [-0.4, -0.2) is 30.6 Å². The van der Waals surface area contributed by atoms with Gasteiger partial charge in [-0.2, -0.15) is 13.2 Å². The number of halogens is 5. The highest BCUT2D eigenvalue weighted by atomic mass is 19.4. The van der Waals surface area contributed by atoms with Crippen LogP contribution in [0.3, 0.4) is 0 Å². The normalized spacial score (nSPS) is 15.4. The molecule has 1 aliphatic rings. The molecule has 1 aliphatic heterocycles. The van der Waals surface area contributed by atoms with Crippen molar-refractivity contribution in [2.45, 2.75) is 52.5 Å². The van der Waals surface area contributed by atoms with Gasteiger partial charge < -0.3 is 14.0 Å². The molecule has 0 unspecified atom stereocenters. The number of fused-ring (bicyclic) bond motifs is 2. The maximum Gasteiger partial charge on any atom is 0.416 e.